The van der Waals surface area contributed by atoms with Gasteiger partial charge in [0.25, 0.3) is 5.91 Å². The lowest BCUT2D eigenvalue weighted by molar-refractivity contribution is -0.385. The highest BCUT2D eigenvalue weighted by Gasteiger charge is 2.36. The Morgan fingerprint density at radius 1 is 1.40 bits per heavy atom. The van der Waals surface area contributed by atoms with E-state index in [0.717, 1.165) is 11.0 Å². The molecule has 1 amide bonds. The van der Waals surface area contributed by atoms with Crippen LogP contribution in [0.5, 0.6) is 5.75 Å². The summed E-state index contributed by atoms with van der Waals surface area (Å²) in [6.45, 7) is 0.248. The Morgan fingerprint density at radius 3 is 2.70 bits per heavy atom. The molecule has 2 N–H and O–H groups in total. The van der Waals surface area contributed by atoms with Crippen molar-refractivity contribution in [1.82, 2.24) is 4.90 Å². The molecule has 8 nitrogen and oxygen atoms in total. The van der Waals surface area contributed by atoms with Crippen LogP contribution >= 0.6 is 0 Å². The molecule has 0 bridgehead atoms. The van der Waals surface area contributed by atoms with Crippen molar-refractivity contribution in [3.8, 4) is 5.75 Å². The predicted molar refractivity (Wildman–Crippen MR) is 66.5 cm³/mol. The van der Waals surface area contributed by atoms with Crippen molar-refractivity contribution in [3.63, 3.8) is 0 Å². The van der Waals surface area contributed by atoms with Crippen LogP contribution in [-0.2, 0) is 4.79 Å². The third-order valence-corrected chi connectivity index (χ3v) is 3.24. The zero-order valence-electron chi connectivity index (χ0n) is 10.4. The van der Waals surface area contributed by atoms with Crippen molar-refractivity contribution in [2.45, 2.75) is 18.9 Å². The molecule has 1 fully saturated rings. The van der Waals surface area contributed by atoms with Crippen LogP contribution in [0.25, 0.3) is 0 Å². The molecular weight excluding hydrogens is 268 g/mol. The molecule has 20 heavy (non-hydrogen) atoms. The number of carboxylic acid groups (broad SMARTS) is 1. The Kier molecular flexibility index (Phi) is 3.55. The Morgan fingerprint density at radius 2 is 2.10 bits per heavy atom. The number of nitrogens with zero attached hydrogens (tertiary/aromatic N) is 2. The first kappa shape index (κ1) is 13.8. The van der Waals surface area contributed by atoms with Gasteiger partial charge in [0, 0.05) is 12.6 Å². The predicted octanol–water partition coefficient (Wildman–Crippen LogP) is 0.990. The molecule has 1 aliphatic rings. The highest BCUT2D eigenvalue weighted by molar-refractivity contribution is 6.00. The van der Waals surface area contributed by atoms with Crippen LogP contribution < -0.4 is 0 Å². The normalized spacial score (nSPS) is 18.0. The van der Waals surface area contributed by atoms with E-state index in [1.165, 1.54) is 12.1 Å². The number of carbonyl (C=O) groups is 2. The van der Waals surface area contributed by atoms with Crippen molar-refractivity contribution >= 4 is 17.6 Å². The first-order valence-corrected chi connectivity index (χ1v) is 5.93. The number of amides is 1. The largest absolute Gasteiger partial charge is 0.502 e. The fourth-order valence-corrected chi connectivity index (χ4v) is 2.27. The summed E-state index contributed by atoms with van der Waals surface area (Å²) < 4.78 is 0. The highest BCUT2D eigenvalue weighted by Crippen LogP contribution is 2.31. The summed E-state index contributed by atoms with van der Waals surface area (Å²) >= 11 is 0. The number of phenolic OH excluding ortho intramolecular Hbond substituents is 1. The number of rotatable bonds is 3. The smallest absolute Gasteiger partial charge is 0.326 e. The molecule has 1 heterocycles. The van der Waals surface area contributed by atoms with Gasteiger partial charge in [-0.1, -0.05) is 6.07 Å². The summed E-state index contributed by atoms with van der Waals surface area (Å²) in [5.74, 6) is -2.57. The number of likely N-dealkylation sites (tertiary alicyclic amines) is 1. The van der Waals surface area contributed by atoms with Crippen LogP contribution in [0.1, 0.15) is 23.2 Å². The minimum absolute atomic E-state index is 0.248. The van der Waals surface area contributed by atoms with E-state index < -0.39 is 34.3 Å². The topological polar surface area (TPSA) is 121 Å². The molecule has 106 valence electrons. The van der Waals surface area contributed by atoms with E-state index in [0.29, 0.717) is 12.8 Å². The number of phenols is 1. The molecule has 0 spiro atoms. The lowest BCUT2D eigenvalue weighted by atomic mass is 10.1. The molecule has 1 aliphatic heterocycles. The number of hydrogen-bond donors (Lipinski definition) is 2. The van der Waals surface area contributed by atoms with E-state index in [1.54, 1.807) is 0 Å². The first-order chi connectivity index (χ1) is 9.43. The average molecular weight is 280 g/mol. The molecule has 1 aromatic carbocycles. The van der Waals surface area contributed by atoms with Gasteiger partial charge in [-0.05, 0) is 18.9 Å². The second-order valence-corrected chi connectivity index (χ2v) is 4.43. The summed E-state index contributed by atoms with van der Waals surface area (Å²) in [5, 5.41) is 29.5. The van der Waals surface area contributed by atoms with Crippen LogP contribution in [0.3, 0.4) is 0 Å². The molecule has 1 atom stereocenters. The molecule has 1 aromatic rings. The van der Waals surface area contributed by atoms with Gasteiger partial charge in [-0.3, -0.25) is 14.9 Å². The summed E-state index contributed by atoms with van der Waals surface area (Å²) in [4.78, 5) is 34.3. The average Bonchev–Trinajstić information content (AvgIpc) is 2.87. The monoisotopic (exact) mass is 280 g/mol. The number of carboxylic acids is 1. The van der Waals surface area contributed by atoms with Crippen molar-refractivity contribution in [1.29, 1.82) is 0 Å². The van der Waals surface area contributed by atoms with Gasteiger partial charge in [0.05, 0.1) is 10.5 Å². The van der Waals surface area contributed by atoms with Crippen LogP contribution in [0.4, 0.5) is 5.69 Å². The number of aromatic hydroxyl groups is 1. The van der Waals surface area contributed by atoms with Gasteiger partial charge in [0.2, 0.25) is 5.75 Å². The maximum absolute atomic E-state index is 12.2. The number of carbonyl (C=O) groups excluding carboxylic acids is 1. The molecule has 1 saturated heterocycles. The molecular formula is C12H12N2O6. The Balaban J connectivity index is 2.37. The third kappa shape index (κ3) is 2.27. The fourth-order valence-electron chi connectivity index (χ4n) is 2.27. The van der Waals surface area contributed by atoms with Crippen LogP contribution in [0, 0.1) is 10.1 Å². The zero-order valence-corrected chi connectivity index (χ0v) is 10.4. The van der Waals surface area contributed by atoms with Crippen molar-refractivity contribution in [3.05, 3.63) is 33.9 Å². The van der Waals surface area contributed by atoms with Crippen molar-refractivity contribution in [2.75, 3.05) is 6.54 Å². The number of nitro groups is 1. The second kappa shape index (κ2) is 5.16. The SMILES string of the molecule is O=C(O)C1CCCN1C(=O)c1cccc([N+](=O)[O-])c1O. The lowest BCUT2D eigenvalue weighted by Crippen LogP contribution is -2.40. The molecule has 2 rings (SSSR count). The van der Waals surface area contributed by atoms with E-state index in [4.69, 9.17) is 5.11 Å². The summed E-state index contributed by atoms with van der Waals surface area (Å²) in [6.07, 6.45) is 0.870. The van der Waals surface area contributed by atoms with E-state index in [2.05, 4.69) is 0 Å². The van der Waals surface area contributed by atoms with Crippen LogP contribution in [0.15, 0.2) is 18.2 Å². The Labute approximate surface area is 113 Å². The number of nitro benzene ring substituents is 1. The van der Waals surface area contributed by atoms with Crippen molar-refractivity contribution in [2.24, 2.45) is 0 Å². The van der Waals surface area contributed by atoms with Gasteiger partial charge >= 0.3 is 11.7 Å². The summed E-state index contributed by atoms with van der Waals surface area (Å²) in [6, 6.07) is 2.63. The maximum Gasteiger partial charge on any atom is 0.326 e. The molecule has 0 aromatic heterocycles. The van der Waals surface area contributed by atoms with Crippen LogP contribution in [0.2, 0.25) is 0 Å². The summed E-state index contributed by atoms with van der Waals surface area (Å²) in [7, 11) is 0. The fraction of sp³-hybridized carbons (Fsp3) is 0.333. The first-order valence-electron chi connectivity index (χ1n) is 5.93. The second-order valence-electron chi connectivity index (χ2n) is 4.43. The highest BCUT2D eigenvalue weighted by atomic mass is 16.6. The minimum Gasteiger partial charge on any atom is -0.502 e. The van der Waals surface area contributed by atoms with E-state index >= 15 is 0 Å². The van der Waals surface area contributed by atoms with E-state index in [1.807, 2.05) is 0 Å². The van der Waals surface area contributed by atoms with Gasteiger partial charge in [0.1, 0.15) is 6.04 Å². The lowest BCUT2D eigenvalue weighted by Gasteiger charge is -2.21. The molecule has 0 aliphatic carbocycles. The molecule has 0 saturated carbocycles. The molecule has 8 heteroatoms. The number of aliphatic carboxylic acids is 1. The summed E-state index contributed by atoms with van der Waals surface area (Å²) in [5.41, 5.74) is -0.839. The molecule has 1 unspecified atom stereocenters. The van der Waals surface area contributed by atoms with Gasteiger partial charge in [-0.25, -0.2) is 4.79 Å². The van der Waals surface area contributed by atoms with Gasteiger partial charge < -0.3 is 15.1 Å². The van der Waals surface area contributed by atoms with Crippen molar-refractivity contribution < 1.29 is 24.7 Å². The Bertz CT molecular complexity index is 585. The number of benzene rings is 1. The number of para-hydroxylation sites is 1. The zero-order chi connectivity index (χ0) is 14.9. The Hall–Kier alpha value is -2.64. The quantitative estimate of drug-likeness (QED) is 0.629. The van der Waals surface area contributed by atoms with Crippen LogP contribution in [-0.4, -0.2) is 44.5 Å². The van der Waals surface area contributed by atoms with Gasteiger partial charge in [-0.2, -0.15) is 0 Å². The van der Waals surface area contributed by atoms with E-state index in [-0.39, 0.29) is 12.1 Å². The molecule has 0 radical (unpaired) electrons. The standard InChI is InChI=1S/C12H12N2O6/c15-10-7(3-1-4-8(10)14(19)20)11(16)13-6-2-5-9(13)12(17)18/h1,3-4,9,15H,2,5-6H2,(H,17,18). The maximum atomic E-state index is 12.2. The number of hydrogen-bond acceptors (Lipinski definition) is 5. The minimum atomic E-state index is -1.12. The van der Waals surface area contributed by atoms with Gasteiger partial charge in [0.15, 0.2) is 0 Å². The third-order valence-electron chi connectivity index (χ3n) is 3.24. The van der Waals surface area contributed by atoms with E-state index in [9.17, 15) is 24.8 Å². The van der Waals surface area contributed by atoms with Gasteiger partial charge in [-0.15, -0.1) is 0 Å².